The van der Waals surface area contributed by atoms with E-state index >= 15 is 0 Å². The number of nitrogens with zero attached hydrogens (tertiary/aromatic N) is 2. The van der Waals surface area contributed by atoms with Gasteiger partial charge in [-0.05, 0) is 46.6 Å². The summed E-state index contributed by atoms with van der Waals surface area (Å²) in [5, 5.41) is 11.0. The van der Waals surface area contributed by atoms with Crippen molar-refractivity contribution < 1.29 is 9.42 Å². The highest BCUT2D eigenvalue weighted by Crippen LogP contribution is 2.20. The Hall–Kier alpha value is -2.40. The van der Waals surface area contributed by atoms with Crippen molar-refractivity contribution in [2.45, 2.75) is 12.8 Å². The van der Waals surface area contributed by atoms with E-state index in [1.54, 1.807) is 18.2 Å². The van der Waals surface area contributed by atoms with E-state index in [4.69, 9.17) is 11.6 Å². The van der Waals surface area contributed by atoms with Crippen molar-refractivity contribution in [2.24, 2.45) is 0 Å². The van der Waals surface area contributed by atoms with Gasteiger partial charge in [-0.2, -0.15) is 0 Å². The summed E-state index contributed by atoms with van der Waals surface area (Å²) in [7, 11) is 0. The molecule has 1 heterocycles. The lowest BCUT2D eigenvalue weighted by Gasteiger charge is -2.05. The zero-order chi connectivity index (χ0) is 14.7. The van der Waals surface area contributed by atoms with E-state index in [0.717, 1.165) is 5.56 Å². The molecule has 0 fully saturated rings. The first-order chi connectivity index (χ1) is 10.2. The molecular formula is C15H12ClN3O2. The van der Waals surface area contributed by atoms with E-state index in [2.05, 4.69) is 20.3 Å². The normalized spacial score (nSPS) is 10.7. The van der Waals surface area contributed by atoms with Gasteiger partial charge in [0.25, 0.3) is 0 Å². The van der Waals surface area contributed by atoms with Crippen molar-refractivity contribution in [2.75, 3.05) is 5.32 Å². The molecule has 0 radical (unpaired) electrons. The lowest BCUT2D eigenvalue weighted by atomic mass is 10.1. The van der Waals surface area contributed by atoms with Gasteiger partial charge in [0.1, 0.15) is 5.52 Å². The minimum atomic E-state index is -0.0829. The van der Waals surface area contributed by atoms with Crippen LogP contribution in [0.4, 0.5) is 5.69 Å². The predicted molar refractivity (Wildman–Crippen MR) is 80.2 cm³/mol. The summed E-state index contributed by atoms with van der Waals surface area (Å²) in [6.45, 7) is 0. The van der Waals surface area contributed by atoms with Crippen LogP contribution in [0, 0.1) is 0 Å². The average Bonchev–Trinajstić information content (AvgIpc) is 2.96. The largest absolute Gasteiger partial charge is 0.324 e. The summed E-state index contributed by atoms with van der Waals surface area (Å²) >= 11 is 5.83. The van der Waals surface area contributed by atoms with E-state index in [-0.39, 0.29) is 5.91 Å². The maximum absolute atomic E-state index is 12.0. The Bertz CT molecular complexity index is 768. The van der Waals surface area contributed by atoms with Gasteiger partial charge in [0.2, 0.25) is 5.91 Å². The van der Waals surface area contributed by atoms with Gasteiger partial charge in [-0.25, -0.2) is 4.63 Å². The quantitative estimate of drug-likeness (QED) is 0.801. The Balaban J connectivity index is 1.64. The topological polar surface area (TPSA) is 68.0 Å². The minimum absolute atomic E-state index is 0.0829. The predicted octanol–water partition coefficient (Wildman–Crippen LogP) is 3.45. The summed E-state index contributed by atoms with van der Waals surface area (Å²) in [5.41, 5.74) is 2.84. The molecule has 3 aromatic rings. The summed E-state index contributed by atoms with van der Waals surface area (Å²) in [6, 6.07) is 12.8. The lowest BCUT2D eigenvalue weighted by molar-refractivity contribution is -0.116. The minimum Gasteiger partial charge on any atom is -0.324 e. The number of hydrogen-bond donors (Lipinski definition) is 1. The van der Waals surface area contributed by atoms with Crippen LogP contribution in [0.2, 0.25) is 5.02 Å². The number of rotatable bonds is 4. The van der Waals surface area contributed by atoms with Gasteiger partial charge in [0.15, 0.2) is 5.52 Å². The number of hydrogen-bond acceptors (Lipinski definition) is 4. The zero-order valence-electron chi connectivity index (χ0n) is 11.0. The maximum Gasteiger partial charge on any atom is 0.224 e. The fourth-order valence-corrected chi connectivity index (χ4v) is 2.15. The van der Waals surface area contributed by atoms with E-state index in [0.29, 0.717) is 34.6 Å². The first kappa shape index (κ1) is 13.6. The molecule has 3 rings (SSSR count). The van der Waals surface area contributed by atoms with Gasteiger partial charge in [-0.1, -0.05) is 29.8 Å². The fourth-order valence-electron chi connectivity index (χ4n) is 2.03. The number of amides is 1. The van der Waals surface area contributed by atoms with E-state index in [1.165, 1.54) is 0 Å². The van der Waals surface area contributed by atoms with Crippen LogP contribution in [0.5, 0.6) is 0 Å². The molecule has 0 unspecified atom stereocenters. The Kier molecular flexibility index (Phi) is 3.83. The number of benzene rings is 2. The molecule has 0 aliphatic rings. The highest BCUT2D eigenvalue weighted by atomic mass is 35.5. The summed E-state index contributed by atoms with van der Waals surface area (Å²) in [4.78, 5) is 12.0. The Morgan fingerprint density at radius 3 is 2.76 bits per heavy atom. The van der Waals surface area contributed by atoms with Gasteiger partial charge in [-0.15, -0.1) is 0 Å². The number of nitrogens with one attached hydrogen (secondary N) is 1. The molecule has 1 amide bonds. The van der Waals surface area contributed by atoms with Crippen LogP contribution in [0.25, 0.3) is 11.0 Å². The Morgan fingerprint density at radius 1 is 1.14 bits per heavy atom. The van der Waals surface area contributed by atoms with Crippen LogP contribution in [0.3, 0.4) is 0 Å². The van der Waals surface area contributed by atoms with Crippen molar-refractivity contribution in [1.29, 1.82) is 0 Å². The summed E-state index contributed by atoms with van der Waals surface area (Å²) < 4.78 is 4.66. The highest BCUT2D eigenvalue weighted by Gasteiger charge is 2.09. The molecule has 5 nitrogen and oxygen atoms in total. The van der Waals surface area contributed by atoms with Gasteiger partial charge < -0.3 is 5.32 Å². The molecule has 0 saturated heterocycles. The van der Waals surface area contributed by atoms with E-state index < -0.39 is 0 Å². The number of carbonyl (C=O) groups is 1. The average molecular weight is 302 g/mol. The smallest absolute Gasteiger partial charge is 0.224 e. The first-order valence-corrected chi connectivity index (χ1v) is 6.86. The third-order valence-corrected chi connectivity index (χ3v) is 3.37. The second kappa shape index (κ2) is 5.93. The number of anilines is 1. The van der Waals surface area contributed by atoms with Crippen molar-refractivity contribution in [1.82, 2.24) is 10.3 Å². The molecule has 0 saturated carbocycles. The molecule has 1 N–H and O–H groups in total. The fraction of sp³-hybridized carbons (Fsp3) is 0.133. The lowest BCUT2D eigenvalue weighted by Crippen LogP contribution is -2.12. The molecule has 0 atom stereocenters. The molecule has 6 heteroatoms. The van der Waals surface area contributed by atoms with Crippen LogP contribution in [-0.4, -0.2) is 16.2 Å². The molecule has 0 aliphatic heterocycles. The van der Waals surface area contributed by atoms with E-state index in [9.17, 15) is 4.79 Å². The summed E-state index contributed by atoms with van der Waals surface area (Å²) in [5.74, 6) is -0.0829. The van der Waals surface area contributed by atoms with Crippen LogP contribution in [0.15, 0.2) is 47.1 Å². The van der Waals surface area contributed by atoms with Crippen LogP contribution in [-0.2, 0) is 11.2 Å². The zero-order valence-corrected chi connectivity index (χ0v) is 11.8. The van der Waals surface area contributed by atoms with Crippen LogP contribution >= 0.6 is 11.6 Å². The molecule has 2 aromatic carbocycles. The third kappa shape index (κ3) is 3.20. The van der Waals surface area contributed by atoms with E-state index in [1.807, 2.05) is 24.3 Å². The van der Waals surface area contributed by atoms with Gasteiger partial charge in [-0.3, -0.25) is 4.79 Å². The van der Waals surface area contributed by atoms with Crippen LogP contribution in [0.1, 0.15) is 12.0 Å². The number of aryl methyl sites for hydroxylation is 1. The van der Waals surface area contributed by atoms with Crippen molar-refractivity contribution >= 4 is 34.2 Å². The Morgan fingerprint density at radius 2 is 1.95 bits per heavy atom. The third-order valence-electron chi connectivity index (χ3n) is 3.11. The molecule has 0 aliphatic carbocycles. The maximum atomic E-state index is 12.0. The van der Waals surface area contributed by atoms with Crippen molar-refractivity contribution in [3.8, 4) is 0 Å². The number of halogens is 1. The van der Waals surface area contributed by atoms with Crippen LogP contribution < -0.4 is 5.32 Å². The Labute approximate surface area is 125 Å². The molecule has 1 aromatic heterocycles. The second-order valence-electron chi connectivity index (χ2n) is 4.61. The van der Waals surface area contributed by atoms with Gasteiger partial charge >= 0.3 is 0 Å². The standard InChI is InChI=1S/C15H12ClN3O2/c16-11-7-4-10(5-8-11)6-9-14(20)17-12-2-1-3-13-15(12)19-21-18-13/h1-5,7-8H,6,9H2,(H,17,20). The highest BCUT2D eigenvalue weighted by molar-refractivity contribution is 6.30. The monoisotopic (exact) mass is 301 g/mol. The first-order valence-electron chi connectivity index (χ1n) is 6.48. The van der Waals surface area contributed by atoms with Crippen molar-refractivity contribution in [3.63, 3.8) is 0 Å². The van der Waals surface area contributed by atoms with Gasteiger partial charge in [0, 0.05) is 11.4 Å². The summed E-state index contributed by atoms with van der Waals surface area (Å²) in [6.07, 6.45) is 1.03. The van der Waals surface area contributed by atoms with Crippen molar-refractivity contribution in [3.05, 3.63) is 53.1 Å². The molecule has 106 valence electrons. The number of fused-ring (bicyclic) bond motifs is 1. The SMILES string of the molecule is O=C(CCc1ccc(Cl)cc1)Nc1cccc2nonc12. The molecule has 21 heavy (non-hydrogen) atoms. The number of aromatic nitrogens is 2. The second-order valence-corrected chi connectivity index (χ2v) is 5.05. The number of carbonyl (C=O) groups excluding carboxylic acids is 1. The molecule has 0 bridgehead atoms. The molecule has 0 spiro atoms. The van der Waals surface area contributed by atoms with Gasteiger partial charge in [0.05, 0.1) is 5.69 Å². The molecular weight excluding hydrogens is 290 g/mol.